The van der Waals surface area contributed by atoms with E-state index in [1.807, 2.05) is 0 Å². The van der Waals surface area contributed by atoms with Crippen LogP contribution in [0.3, 0.4) is 0 Å². The number of halogens is 3. The van der Waals surface area contributed by atoms with E-state index in [0.717, 1.165) is 23.9 Å². The van der Waals surface area contributed by atoms with E-state index in [1.165, 1.54) is 26.4 Å². The van der Waals surface area contributed by atoms with Gasteiger partial charge in [-0.15, -0.1) is 0 Å². The second-order valence-electron chi connectivity index (χ2n) is 6.60. The van der Waals surface area contributed by atoms with Gasteiger partial charge in [-0.1, -0.05) is 23.9 Å². The number of alkyl halides is 3. The molecule has 3 rings (SSSR count). The number of carbonyl (C=O) groups is 1. The quantitative estimate of drug-likeness (QED) is 0.519. The van der Waals surface area contributed by atoms with Gasteiger partial charge in [0, 0.05) is 5.56 Å². The summed E-state index contributed by atoms with van der Waals surface area (Å²) in [4.78, 5) is 17.1. The Labute approximate surface area is 192 Å². The van der Waals surface area contributed by atoms with Crippen LogP contribution >= 0.6 is 11.8 Å². The van der Waals surface area contributed by atoms with Crippen molar-refractivity contribution < 1.29 is 37.3 Å². The first-order valence-corrected chi connectivity index (χ1v) is 10.5. The molecule has 0 saturated carbocycles. The molecule has 0 radical (unpaired) electrons. The summed E-state index contributed by atoms with van der Waals surface area (Å²) in [5, 5.41) is 10.9. The van der Waals surface area contributed by atoms with Crippen molar-refractivity contribution in [3.05, 3.63) is 69.8 Å². The molecule has 1 aliphatic rings. The lowest BCUT2D eigenvalue weighted by molar-refractivity contribution is -0.138. The first-order valence-electron chi connectivity index (χ1n) is 9.67. The zero-order valence-corrected chi connectivity index (χ0v) is 18.7. The molecule has 0 amide bonds. The Morgan fingerprint density at radius 2 is 1.82 bits per heavy atom. The van der Waals surface area contributed by atoms with Crippen LogP contribution in [0.15, 0.2) is 63.7 Å². The molecule has 0 unspecified atom stereocenters. The average Bonchev–Trinajstić information content (AvgIpc) is 3.08. The number of benzene rings is 2. The van der Waals surface area contributed by atoms with E-state index in [-0.39, 0.29) is 33.6 Å². The van der Waals surface area contributed by atoms with Gasteiger partial charge in [-0.2, -0.15) is 13.2 Å². The monoisotopic (exact) mass is 479 g/mol. The van der Waals surface area contributed by atoms with Crippen molar-refractivity contribution in [1.82, 2.24) is 0 Å². The fourth-order valence-corrected chi connectivity index (χ4v) is 4.03. The number of aliphatic imine (C=N–C) groups is 1. The number of rotatable bonds is 6. The predicted octanol–water partition coefficient (Wildman–Crippen LogP) is 5.92. The van der Waals surface area contributed by atoms with Crippen molar-refractivity contribution in [3.63, 3.8) is 0 Å². The highest BCUT2D eigenvalue weighted by Crippen LogP contribution is 2.42. The molecule has 0 aliphatic carbocycles. The summed E-state index contributed by atoms with van der Waals surface area (Å²) in [6.07, 6.45) is -2.89. The highest BCUT2D eigenvalue weighted by molar-refractivity contribution is 8.18. The second kappa shape index (κ2) is 10.0. The molecule has 0 saturated heterocycles. The molecule has 0 bridgehead atoms. The summed E-state index contributed by atoms with van der Waals surface area (Å²) < 4.78 is 54.2. The maximum Gasteiger partial charge on any atom is 0.416 e. The average molecular weight is 479 g/mol. The number of aliphatic hydroxyl groups is 1. The Hall–Kier alpha value is -3.40. The van der Waals surface area contributed by atoms with Gasteiger partial charge in [0.2, 0.25) is 0 Å². The summed E-state index contributed by atoms with van der Waals surface area (Å²) in [6, 6.07) is 9.33. The highest BCUT2D eigenvalue weighted by Gasteiger charge is 2.34. The minimum Gasteiger partial charge on any atom is -0.506 e. The maximum absolute atomic E-state index is 12.8. The molecular formula is C23H20F3NO5S. The molecule has 0 atom stereocenters. The number of nitrogens with zero attached hydrogens (tertiary/aromatic N) is 1. The molecule has 0 aromatic heterocycles. The summed E-state index contributed by atoms with van der Waals surface area (Å²) in [6.45, 7) is 1.68. The van der Waals surface area contributed by atoms with Crippen LogP contribution in [-0.2, 0) is 15.7 Å². The number of methoxy groups -OCH3 is 2. The molecule has 10 heteroatoms. The largest absolute Gasteiger partial charge is 0.506 e. The van der Waals surface area contributed by atoms with E-state index < -0.39 is 17.7 Å². The van der Waals surface area contributed by atoms with E-state index >= 15 is 0 Å². The van der Waals surface area contributed by atoms with E-state index in [0.29, 0.717) is 17.1 Å². The predicted molar refractivity (Wildman–Crippen MR) is 120 cm³/mol. The first-order chi connectivity index (χ1) is 15.7. The minimum atomic E-state index is -4.48. The van der Waals surface area contributed by atoms with Crippen molar-refractivity contribution >= 4 is 34.5 Å². The first kappa shape index (κ1) is 24.2. The van der Waals surface area contributed by atoms with Gasteiger partial charge >= 0.3 is 12.1 Å². The van der Waals surface area contributed by atoms with Crippen molar-refractivity contribution in [2.24, 2.45) is 4.99 Å². The number of hydrogen-bond acceptors (Lipinski definition) is 7. The second-order valence-corrected chi connectivity index (χ2v) is 7.63. The van der Waals surface area contributed by atoms with E-state index in [4.69, 9.17) is 14.2 Å². The SMILES string of the molecule is CCOC(=O)C1=C(O)/C(=C\c2cccc(OC)c2OC)SC1=Nc1ccc(C(F)(F)F)cc1. The minimum absolute atomic E-state index is 0.0661. The molecule has 33 heavy (non-hydrogen) atoms. The molecule has 1 heterocycles. The Morgan fingerprint density at radius 3 is 2.39 bits per heavy atom. The number of thioether (sulfide) groups is 1. The number of esters is 1. The number of hydrogen-bond donors (Lipinski definition) is 1. The number of para-hydroxylation sites is 1. The molecule has 0 fully saturated rings. The number of aliphatic hydroxyl groups excluding tert-OH is 1. The van der Waals surface area contributed by atoms with Gasteiger partial charge in [0.15, 0.2) is 11.5 Å². The molecule has 0 spiro atoms. The third-order valence-corrected chi connectivity index (χ3v) is 5.54. The third-order valence-electron chi connectivity index (χ3n) is 4.52. The normalized spacial score (nSPS) is 16.4. The van der Waals surface area contributed by atoms with Crippen LogP contribution < -0.4 is 9.47 Å². The van der Waals surface area contributed by atoms with Gasteiger partial charge in [-0.25, -0.2) is 9.79 Å². The molecular weight excluding hydrogens is 459 g/mol. The Balaban J connectivity index is 2.06. The topological polar surface area (TPSA) is 77.4 Å². The van der Waals surface area contributed by atoms with E-state index in [2.05, 4.69) is 4.99 Å². The summed E-state index contributed by atoms with van der Waals surface area (Å²) in [5.74, 6) is -0.252. The fourth-order valence-electron chi connectivity index (χ4n) is 3.00. The van der Waals surface area contributed by atoms with Crippen LogP contribution in [0.1, 0.15) is 18.1 Å². The molecule has 1 aliphatic heterocycles. The molecule has 1 N–H and O–H groups in total. The van der Waals surface area contributed by atoms with Gasteiger partial charge in [0.1, 0.15) is 16.4 Å². The van der Waals surface area contributed by atoms with Gasteiger partial charge in [-0.3, -0.25) is 0 Å². The van der Waals surface area contributed by atoms with Gasteiger partial charge < -0.3 is 19.3 Å². The van der Waals surface area contributed by atoms with Crippen molar-refractivity contribution in [2.45, 2.75) is 13.1 Å². The van der Waals surface area contributed by atoms with Crippen LogP contribution in [0.5, 0.6) is 11.5 Å². The number of ether oxygens (including phenoxy) is 3. The van der Waals surface area contributed by atoms with Crippen LogP contribution in [0.4, 0.5) is 18.9 Å². The molecule has 2 aromatic rings. The summed E-state index contributed by atoms with van der Waals surface area (Å²) in [7, 11) is 2.96. The summed E-state index contributed by atoms with van der Waals surface area (Å²) in [5.41, 5.74) is -0.236. The maximum atomic E-state index is 12.8. The van der Waals surface area contributed by atoms with Crippen LogP contribution in [0, 0.1) is 0 Å². The van der Waals surface area contributed by atoms with Crippen molar-refractivity contribution in [3.8, 4) is 11.5 Å². The van der Waals surface area contributed by atoms with Gasteiger partial charge in [-0.05, 0) is 43.3 Å². The molecule has 2 aromatic carbocycles. The highest BCUT2D eigenvalue weighted by atomic mass is 32.2. The van der Waals surface area contributed by atoms with Crippen LogP contribution in [0.25, 0.3) is 6.08 Å². The molecule has 6 nitrogen and oxygen atoms in total. The zero-order valence-electron chi connectivity index (χ0n) is 17.9. The fraction of sp³-hybridized carbons (Fsp3) is 0.217. The lowest BCUT2D eigenvalue weighted by Crippen LogP contribution is -2.12. The van der Waals surface area contributed by atoms with Crippen molar-refractivity contribution in [2.75, 3.05) is 20.8 Å². The number of carbonyl (C=O) groups excluding carboxylic acids is 1. The van der Waals surface area contributed by atoms with Crippen LogP contribution in [-0.4, -0.2) is 36.9 Å². The lowest BCUT2D eigenvalue weighted by atomic mass is 10.1. The lowest BCUT2D eigenvalue weighted by Gasteiger charge is -2.10. The third kappa shape index (κ3) is 5.33. The smallest absolute Gasteiger partial charge is 0.416 e. The standard InChI is InChI=1S/C23H20F3NO5S/c1-4-32-22(29)18-19(28)17(12-13-6-5-7-16(30-2)20(13)31-3)33-21(18)27-15-10-8-14(9-11-15)23(24,25)26/h5-12,28H,4H2,1-3H3/b17-12+,27-21?. The Bertz CT molecular complexity index is 1140. The Kier molecular flexibility index (Phi) is 7.37. The van der Waals surface area contributed by atoms with Crippen LogP contribution in [0.2, 0.25) is 0 Å². The molecule has 174 valence electrons. The van der Waals surface area contributed by atoms with E-state index in [9.17, 15) is 23.1 Å². The summed E-state index contributed by atoms with van der Waals surface area (Å²) >= 11 is 0.981. The van der Waals surface area contributed by atoms with E-state index in [1.54, 1.807) is 31.2 Å². The Morgan fingerprint density at radius 1 is 1.12 bits per heavy atom. The van der Waals surface area contributed by atoms with Gasteiger partial charge in [0.25, 0.3) is 0 Å². The van der Waals surface area contributed by atoms with Gasteiger partial charge in [0.05, 0.1) is 37.0 Å². The van der Waals surface area contributed by atoms with Crippen molar-refractivity contribution in [1.29, 1.82) is 0 Å². The zero-order chi connectivity index (χ0) is 24.2.